The fourth-order valence-corrected chi connectivity index (χ4v) is 5.98. The summed E-state index contributed by atoms with van der Waals surface area (Å²) >= 11 is 0. The van der Waals surface area contributed by atoms with Crippen molar-refractivity contribution >= 4 is 22.0 Å². The minimum absolute atomic E-state index is 0.0359. The number of benzene rings is 1. The minimum Gasteiger partial charge on any atom is -0.339 e. The second-order valence-corrected chi connectivity index (χ2v) is 11.2. The van der Waals surface area contributed by atoms with Crippen LogP contribution in [0.4, 0.5) is 13.2 Å². The van der Waals surface area contributed by atoms with Crippen molar-refractivity contribution in [2.75, 3.05) is 20.1 Å². The van der Waals surface area contributed by atoms with Gasteiger partial charge in [-0.15, -0.1) is 10.2 Å². The van der Waals surface area contributed by atoms with Crippen LogP contribution in [0.5, 0.6) is 0 Å². The van der Waals surface area contributed by atoms with Crippen molar-refractivity contribution in [1.82, 2.24) is 29.4 Å². The molecule has 0 unspecified atom stereocenters. The molecule has 0 spiro atoms. The summed E-state index contributed by atoms with van der Waals surface area (Å²) in [5.41, 5.74) is -0.0708. The monoisotopic (exact) mass is 512 g/mol. The number of rotatable bonds is 7. The molecular weight excluding hydrogens is 485 g/mol. The molecule has 1 amide bonds. The zero-order chi connectivity index (χ0) is 25.4. The molecular formula is C22H27F3N6O3S. The van der Waals surface area contributed by atoms with Gasteiger partial charge >= 0.3 is 6.18 Å². The van der Waals surface area contributed by atoms with Crippen molar-refractivity contribution in [3.63, 3.8) is 0 Å². The Morgan fingerprint density at radius 2 is 1.89 bits per heavy atom. The number of hydrogen-bond donors (Lipinski definition) is 0. The van der Waals surface area contributed by atoms with Gasteiger partial charge in [0.1, 0.15) is 0 Å². The molecule has 2 heterocycles. The minimum atomic E-state index is -4.51. The molecule has 1 saturated heterocycles. The lowest BCUT2D eigenvalue weighted by atomic mass is 10.0. The van der Waals surface area contributed by atoms with Gasteiger partial charge in [-0.2, -0.15) is 18.0 Å². The number of amides is 1. The number of alkyl halides is 3. The summed E-state index contributed by atoms with van der Waals surface area (Å²) in [6.07, 6.45) is 0.772. The predicted molar refractivity (Wildman–Crippen MR) is 121 cm³/mol. The normalized spacial score (nSPS) is 18.1. The number of carbonyl (C=O) groups is 1. The molecule has 1 aromatic heterocycles. The number of piperidine rings is 1. The number of halogens is 3. The molecule has 1 saturated carbocycles. The Morgan fingerprint density at radius 3 is 2.46 bits per heavy atom. The van der Waals surface area contributed by atoms with Gasteiger partial charge in [0.15, 0.2) is 5.82 Å². The molecule has 35 heavy (non-hydrogen) atoms. The highest BCUT2D eigenvalue weighted by atomic mass is 32.2. The van der Waals surface area contributed by atoms with Crippen LogP contribution >= 0.6 is 0 Å². The number of sulfonamides is 1. The summed E-state index contributed by atoms with van der Waals surface area (Å²) in [7, 11) is -1.67. The van der Waals surface area contributed by atoms with E-state index in [1.165, 1.54) is 27.3 Å². The topological polar surface area (TPSA) is 101 Å². The summed E-state index contributed by atoms with van der Waals surface area (Å²) in [5.74, 6) is 0.111. The van der Waals surface area contributed by atoms with E-state index in [0.29, 0.717) is 55.7 Å². The highest BCUT2D eigenvalue weighted by molar-refractivity contribution is 7.90. The first kappa shape index (κ1) is 25.3. The van der Waals surface area contributed by atoms with Crippen LogP contribution in [0, 0.1) is 6.92 Å². The molecule has 190 valence electrons. The van der Waals surface area contributed by atoms with E-state index in [-0.39, 0.29) is 23.7 Å². The van der Waals surface area contributed by atoms with Gasteiger partial charge in [-0.05, 0) is 67.2 Å². The average molecular weight is 513 g/mol. The molecule has 2 aromatic rings. The Balaban J connectivity index is 1.43. The number of aryl methyl sites for hydroxylation is 1. The maximum atomic E-state index is 13.2. The van der Waals surface area contributed by atoms with E-state index in [9.17, 15) is 26.4 Å². The van der Waals surface area contributed by atoms with Gasteiger partial charge < -0.3 is 4.90 Å². The van der Waals surface area contributed by atoms with Gasteiger partial charge in [-0.1, -0.05) is 6.07 Å². The molecule has 2 fully saturated rings. The smallest absolute Gasteiger partial charge is 0.339 e. The molecule has 1 aliphatic carbocycles. The molecule has 9 nitrogen and oxygen atoms in total. The summed E-state index contributed by atoms with van der Waals surface area (Å²) in [5, 5.41) is 11.3. The standard InChI is InChI=1S/C22H27F3N6O3S/c1-15-26-28-31(27-15)14-17-13-18(22(23,24)25)5-3-16(17)4-8-21(32)30-11-9-19(10-12-30)29(2)35(33,34)20-6-7-20/h3-5,8,13,19-20H,6-7,9-12,14H2,1-2H3. The van der Waals surface area contributed by atoms with E-state index < -0.39 is 21.8 Å². The van der Waals surface area contributed by atoms with Crippen LogP contribution in [0.15, 0.2) is 24.3 Å². The van der Waals surface area contributed by atoms with Crippen molar-refractivity contribution in [3.8, 4) is 0 Å². The van der Waals surface area contributed by atoms with Crippen LogP contribution in [0.1, 0.15) is 48.2 Å². The van der Waals surface area contributed by atoms with Crippen molar-refractivity contribution in [2.24, 2.45) is 0 Å². The zero-order valence-corrected chi connectivity index (χ0v) is 20.3. The van der Waals surface area contributed by atoms with E-state index >= 15 is 0 Å². The highest BCUT2D eigenvalue weighted by Crippen LogP contribution is 2.33. The second-order valence-electron chi connectivity index (χ2n) is 8.93. The number of nitrogens with zero attached hydrogens (tertiary/aromatic N) is 6. The Labute approximate surface area is 201 Å². The van der Waals surface area contributed by atoms with Crippen molar-refractivity contribution in [2.45, 2.75) is 56.6 Å². The Hall–Kier alpha value is -2.80. The molecule has 1 aromatic carbocycles. The molecule has 0 radical (unpaired) electrons. The molecule has 2 aliphatic rings. The summed E-state index contributed by atoms with van der Waals surface area (Å²) < 4.78 is 66.1. The van der Waals surface area contributed by atoms with E-state index in [1.807, 2.05) is 0 Å². The second kappa shape index (κ2) is 9.69. The fourth-order valence-electron chi connectivity index (χ4n) is 4.15. The molecule has 13 heteroatoms. The van der Waals surface area contributed by atoms with Gasteiger partial charge in [0.05, 0.1) is 17.4 Å². The van der Waals surface area contributed by atoms with Gasteiger partial charge in [0.2, 0.25) is 15.9 Å². The van der Waals surface area contributed by atoms with Crippen LogP contribution in [-0.4, -0.2) is 75.2 Å². The molecule has 4 rings (SSSR count). The van der Waals surface area contributed by atoms with E-state index in [0.717, 1.165) is 12.1 Å². The maximum absolute atomic E-state index is 13.2. The summed E-state index contributed by atoms with van der Waals surface area (Å²) in [4.78, 5) is 15.6. The molecule has 0 atom stereocenters. The zero-order valence-electron chi connectivity index (χ0n) is 19.4. The van der Waals surface area contributed by atoms with Gasteiger partial charge in [-0.25, -0.2) is 12.7 Å². The van der Waals surface area contributed by atoms with Crippen LogP contribution in [0.25, 0.3) is 6.08 Å². The van der Waals surface area contributed by atoms with Crippen LogP contribution in [0.3, 0.4) is 0 Å². The fraction of sp³-hybridized carbons (Fsp3) is 0.545. The van der Waals surface area contributed by atoms with E-state index in [1.54, 1.807) is 18.9 Å². The first-order chi connectivity index (χ1) is 16.4. The molecule has 1 aliphatic heterocycles. The van der Waals surface area contributed by atoms with Gasteiger partial charge in [0, 0.05) is 32.3 Å². The van der Waals surface area contributed by atoms with Crippen LogP contribution < -0.4 is 0 Å². The largest absolute Gasteiger partial charge is 0.416 e. The number of carbonyl (C=O) groups excluding carboxylic acids is 1. The molecule has 0 N–H and O–H groups in total. The third-order valence-electron chi connectivity index (χ3n) is 6.38. The van der Waals surface area contributed by atoms with Crippen molar-refractivity contribution in [3.05, 3.63) is 46.8 Å². The Morgan fingerprint density at radius 1 is 1.20 bits per heavy atom. The van der Waals surface area contributed by atoms with Crippen molar-refractivity contribution < 1.29 is 26.4 Å². The SMILES string of the molecule is Cc1nnn(Cc2cc(C(F)(F)F)ccc2C=CC(=O)N2CCC(N(C)S(=O)(=O)C3CC3)CC2)n1. The number of hydrogen-bond acceptors (Lipinski definition) is 6. The summed E-state index contributed by atoms with van der Waals surface area (Å²) in [6, 6.07) is 3.16. The third kappa shape index (κ3) is 5.89. The highest BCUT2D eigenvalue weighted by Gasteiger charge is 2.41. The summed E-state index contributed by atoms with van der Waals surface area (Å²) in [6.45, 7) is 2.39. The number of aromatic nitrogens is 4. The number of tetrazole rings is 1. The lowest BCUT2D eigenvalue weighted by molar-refractivity contribution is -0.137. The quantitative estimate of drug-likeness (QED) is 0.529. The van der Waals surface area contributed by atoms with E-state index in [4.69, 9.17) is 0 Å². The van der Waals surface area contributed by atoms with Crippen molar-refractivity contribution in [1.29, 1.82) is 0 Å². The Kier molecular flexibility index (Phi) is 7.00. The lowest BCUT2D eigenvalue weighted by Gasteiger charge is -2.35. The average Bonchev–Trinajstić information content (AvgIpc) is 3.60. The lowest BCUT2D eigenvalue weighted by Crippen LogP contribution is -2.47. The van der Waals surface area contributed by atoms with Crippen LogP contribution in [0.2, 0.25) is 0 Å². The van der Waals surface area contributed by atoms with Gasteiger partial charge in [0.25, 0.3) is 0 Å². The number of likely N-dealkylation sites (tertiary alicyclic amines) is 1. The van der Waals surface area contributed by atoms with E-state index in [2.05, 4.69) is 15.4 Å². The van der Waals surface area contributed by atoms with Gasteiger partial charge in [-0.3, -0.25) is 4.79 Å². The molecule has 0 bridgehead atoms. The maximum Gasteiger partial charge on any atom is 0.416 e. The Bertz CT molecular complexity index is 1220. The third-order valence-corrected chi connectivity index (χ3v) is 8.79. The first-order valence-electron chi connectivity index (χ1n) is 11.3. The first-order valence-corrected chi connectivity index (χ1v) is 12.8. The van der Waals surface area contributed by atoms with Crippen LogP contribution in [-0.2, 0) is 27.5 Å². The predicted octanol–water partition coefficient (Wildman–Crippen LogP) is 2.48.